The number of halogens is 1. The van der Waals surface area contributed by atoms with E-state index in [1.54, 1.807) is 12.3 Å². The molecule has 0 saturated carbocycles. The number of ether oxygens (including phenoxy) is 1. The maximum Gasteiger partial charge on any atom is 0.354 e. The third-order valence-electron chi connectivity index (χ3n) is 4.05. The fraction of sp³-hybridized carbons (Fsp3) is 0.400. The summed E-state index contributed by atoms with van der Waals surface area (Å²) in [6.07, 6.45) is 1.69. The summed E-state index contributed by atoms with van der Waals surface area (Å²) in [5, 5.41) is 8.43. The van der Waals surface area contributed by atoms with Crippen LogP contribution in [0.5, 0.6) is 0 Å². The highest BCUT2D eigenvalue weighted by Crippen LogP contribution is 2.26. The number of anilines is 1. The number of hydrogen-bond donors (Lipinski definition) is 3. The Labute approximate surface area is 149 Å². The van der Waals surface area contributed by atoms with Gasteiger partial charge in [-0.2, -0.15) is 0 Å². The van der Waals surface area contributed by atoms with E-state index in [1.807, 2.05) is 12.3 Å². The number of esters is 1. The number of H-pyrrole nitrogens is 1. The van der Waals surface area contributed by atoms with E-state index in [0.29, 0.717) is 22.4 Å². The summed E-state index contributed by atoms with van der Waals surface area (Å²) < 4.78 is 4.66. The highest BCUT2D eigenvalue weighted by atomic mass is 35.5. The minimum absolute atomic E-state index is 0. The third kappa shape index (κ3) is 3.77. The second kappa shape index (κ2) is 7.78. The zero-order valence-corrected chi connectivity index (χ0v) is 14.9. The molecule has 0 bridgehead atoms. The van der Waals surface area contributed by atoms with Gasteiger partial charge in [0.05, 0.1) is 12.8 Å². The molecular formula is C15H19ClN4O3S. The maximum absolute atomic E-state index is 12.2. The van der Waals surface area contributed by atoms with Gasteiger partial charge < -0.3 is 20.4 Å². The van der Waals surface area contributed by atoms with E-state index in [0.717, 1.165) is 18.7 Å². The zero-order chi connectivity index (χ0) is 16.4. The van der Waals surface area contributed by atoms with Crippen LogP contribution in [0.3, 0.4) is 0 Å². The fourth-order valence-electron chi connectivity index (χ4n) is 2.33. The summed E-state index contributed by atoms with van der Waals surface area (Å²) in [6.45, 7) is 3.71. The van der Waals surface area contributed by atoms with Crippen molar-refractivity contribution in [3.05, 3.63) is 23.3 Å². The molecule has 7 nitrogen and oxygen atoms in total. The van der Waals surface area contributed by atoms with Crippen molar-refractivity contribution in [3.63, 3.8) is 0 Å². The predicted molar refractivity (Wildman–Crippen MR) is 94.6 cm³/mol. The normalized spacial score (nSPS) is 15.1. The summed E-state index contributed by atoms with van der Waals surface area (Å²) >= 11 is 1.36. The molecule has 9 heteroatoms. The van der Waals surface area contributed by atoms with Gasteiger partial charge in [0.2, 0.25) is 5.91 Å². The minimum Gasteiger partial charge on any atom is -0.464 e. The van der Waals surface area contributed by atoms with Crippen LogP contribution in [0.25, 0.3) is 11.3 Å². The van der Waals surface area contributed by atoms with Gasteiger partial charge in [-0.3, -0.25) is 4.79 Å². The molecule has 0 spiro atoms. The molecule has 1 saturated heterocycles. The lowest BCUT2D eigenvalue weighted by Crippen LogP contribution is -2.48. The summed E-state index contributed by atoms with van der Waals surface area (Å²) in [7, 11) is 1.33. The standard InChI is InChI=1S/C15H18N4O3S.ClH/c1-8(10-4-16-5-10)13(20)19-15-18-12(7-23-15)9-3-11(17-6-9)14(21)22-2;/h3,6-8,10,16-17H,4-5H2,1-2H3,(H,18,19,20);1H. The first kappa shape index (κ1) is 18.4. The Morgan fingerprint density at radius 2 is 2.21 bits per heavy atom. The average Bonchev–Trinajstić information content (AvgIpc) is 3.13. The van der Waals surface area contributed by atoms with E-state index in [9.17, 15) is 9.59 Å². The molecule has 2 aromatic heterocycles. The zero-order valence-electron chi connectivity index (χ0n) is 13.3. The van der Waals surface area contributed by atoms with Gasteiger partial charge in [-0.15, -0.1) is 23.7 Å². The van der Waals surface area contributed by atoms with Crippen LogP contribution in [0.4, 0.5) is 5.13 Å². The van der Waals surface area contributed by atoms with Crippen LogP contribution in [0.15, 0.2) is 17.6 Å². The van der Waals surface area contributed by atoms with Gasteiger partial charge in [0.1, 0.15) is 5.69 Å². The van der Waals surface area contributed by atoms with Gasteiger partial charge in [0.25, 0.3) is 0 Å². The Balaban J connectivity index is 0.00000208. The van der Waals surface area contributed by atoms with E-state index < -0.39 is 5.97 Å². The highest BCUT2D eigenvalue weighted by Gasteiger charge is 2.29. The van der Waals surface area contributed by atoms with Crippen LogP contribution in [-0.2, 0) is 9.53 Å². The third-order valence-corrected chi connectivity index (χ3v) is 4.81. The smallest absolute Gasteiger partial charge is 0.354 e. The number of aromatic nitrogens is 2. The molecule has 3 rings (SSSR count). The van der Waals surface area contributed by atoms with Crippen molar-refractivity contribution in [3.8, 4) is 11.3 Å². The Bertz CT molecular complexity index is 726. The van der Waals surface area contributed by atoms with Gasteiger partial charge in [0.15, 0.2) is 5.13 Å². The predicted octanol–water partition coefficient (Wildman–Crippen LogP) is 2.14. The van der Waals surface area contributed by atoms with Gasteiger partial charge in [0, 0.05) is 23.1 Å². The van der Waals surface area contributed by atoms with Crippen LogP contribution >= 0.6 is 23.7 Å². The number of carbonyl (C=O) groups excluding carboxylic acids is 2. The number of nitrogens with zero attached hydrogens (tertiary/aromatic N) is 1. The fourth-order valence-corrected chi connectivity index (χ4v) is 3.05. The van der Waals surface area contributed by atoms with Gasteiger partial charge in [-0.1, -0.05) is 6.92 Å². The van der Waals surface area contributed by atoms with Crippen molar-refractivity contribution in [2.75, 3.05) is 25.5 Å². The quantitative estimate of drug-likeness (QED) is 0.701. The van der Waals surface area contributed by atoms with E-state index in [4.69, 9.17) is 0 Å². The van der Waals surface area contributed by atoms with Gasteiger partial charge in [-0.25, -0.2) is 9.78 Å². The molecule has 1 aliphatic rings. The SMILES string of the molecule is COC(=O)c1cc(-c2csc(NC(=O)C(C)C3CNC3)n2)c[nH]1.Cl. The molecule has 1 fully saturated rings. The molecule has 0 aliphatic carbocycles. The van der Waals surface area contributed by atoms with Crippen LogP contribution in [-0.4, -0.2) is 42.0 Å². The molecular weight excluding hydrogens is 352 g/mol. The number of thiazole rings is 1. The van der Waals surface area contributed by atoms with Crippen molar-refractivity contribution in [2.24, 2.45) is 11.8 Å². The second-order valence-corrected chi connectivity index (χ2v) is 6.39. The Hall–Kier alpha value is -1.90. The van der Waals surface area contributed by atoms with E-state index >= 15 is 0 Å². The van der Waals surface area contributed by atoms with E-state index in [1.165, 1.54) is 18.4 Å². The first-order chi connectivity index (χ1) is 11.1. The summed E-state index contributed by atoms with van der Waals surface area (Å²) in [6, 6.07) is 1.68. The number of carbonyl (C=O) groups is 2. The number of amides is 1. The van der Waals surface area contributed by atoms with Crippen LogP contribution < -0.4 is 10.6 Å². The lowest BCUT2D eigenvalue weighted by molar-refractivity contribution is -0.121. The molecule has 0 radical (unpaired) electrons. The van der Waals surface area contributed by atoms with Crippen molar-refractivity contribution < 1.29 is 14.3 Å². The summed E-state index contributed by atoms with van der Waals surface area (Å²) in [5.41, 5.74) is 1.85. The summed E-state index contributed by atoms with van der Waals surface area (Å²) in [5.74, 6) is -0.0897. The first-order valence-corrected chi connectivity index (χ1v) is 8.20. The largest absolute Gasteiger partial charge is 0.464 e. The Morgan fingerprint density at radius 3 is 2.83 bits per heavy atom. The molecule has 1 aliphatic heterocycles. The molecule has 3 heterocycles. The Kier molecular flexibility index (Phi) is 5.98. The van der Waals surface area contributed by atoms with Crippen LogP contribution in [0, 0.1) is 11.8 Å². The van der Waals surface area contributed by atoms with Crippen molar-refractivity contribution in [2.45, 2.75) is 6.92 Å². The summed E-state index contributed by atoms with van der Waals surface area (Å²) in [4.78, 5) is 30.9. The number of aromatic amines is 1. The number of methoxy groups -OCH3 is 1. The minimum atomic E-state index is -0.428. The topological polar surface area (TPSA) is 96.1 Å². The van der Waals surface area contributed by atoms with E-state index in [2.05, 4.69) is 25.3 Å². The van der Waals surface area contributed by atoms with Crippen LogP contribution in [0.1, 0.15) is 17.4 Å². The molecule has 3 N–H and O–H groups in total. The monoisotopic (exact) mass is 370 g/mol. The van der Waals surface area contributed by atoms with Crippen molar-refractivity contribution in [1.29, 1.82) is 0 Å². The number of nitrogens with one attached hydrogen (secondary N) is 3. The van der Waals surface area contributed by atoms with Crippen molar-refractivity contribution >= 4 is 40.8 Å². The molecule has 130 valence electrons. The Morgan fingerprint density at radius 1 is 1.46 bits per heavy atom. The molecule has 1 amide bonds. The van der Waals surface area contributed by atoms with Crippen LogP contribution in [0.2, 0.25) is 0 Å². The lowest BCUT2D eigenvalue weighted by atomic mass is 9.88. The maximum atomic E-state index is 12.2. The highest BCUT2D eigenvalue weighted by molar-refractivity contribution is 7.14. The van der Waals surface area contributed by atoms with E-state index in [-0.39, 0.29) is 24.2 Å². The lowest BCUT2D eigenvalue weighted by Gasteiger charge is -2.31. The van der Waals surface area contributed by atoms with Gasteiger partial charge >= 0.3 is 5.97 Å². The molecule has 24 heavy (non-hydrogen) atoms. The second-order valence-electron chi connectivity index (χ2n) is 5.53. The average molecular weight is 371 g/mol. The molecule has 1 unspecified atom stereocenters. The first-order valence-electron chi connectivity index (χ1n) is 7.32. The molecule has 1 atom stereocenters. The van der Waals surface area contributed by atoms with Gasteiger partial charge in [-0.05, 0) is 25.1 Å². The number of rotatable bonds is 5. The van der Waals surface area contributed by atoms with Crippen molar-refractivity contribution in [1.82, 2.24) is 15.3 Å². The molecule has 0 aromatic carbocycles. The number of hydrogen-bond acceptors (Lipinski definition) is 6. The molecule has 2 aromatic rings.